The van der Waals surface area contributed by atoms with Crippen LogP contribution in [0.25, 0.3) is 0 Å². The summed E-state index contributed by atoms with van der Waals surface area (Å²) in [7, 11) is 0. The average molecular weight is 410 g/mol. The Morgan fingerprint density at radius 2 is 2.20 bits per heavy atom. The summed E-state index contributed by atoms with van der Waals surface area (Å²) in [5, 5.41) is 6.67. The van der Waals surface area contributed by atoms with Gasteiger partial charge in [0.2, 0.25) is 0 Å². The van der Waals surface area contributed by atoms with Gasteiger partial charge < -0.3 is 20.1 Å². The number of hydrogen-bond donors (Lipinski definition) is 2. The lowest BCUT2D eigenvalue weighted by molar-refractivity contribution is 0.153. The molecule has 0 spiro atoms. The summed E-state index contributed by atoms with van der Waals surface area (Å²) in [6.45, 7) is 7.97. The molecule has 1 atom stereocenters. The molecule has 0 saturated carbocycles. The van der Waals surface area contributed by atoms with E-state index in [1.807, 2.05) is 31.2 Å². The zero-order chi connectivity index (χ0) is 17.9. The first kappa shape index (κ1) is 19.8. The van der Waals surface area contributed by atoms with Gasteiger partial charge in [0.25, 0.3) is 0 Å². The van der Waals surface area contributed by atoms with Crippen molar-refractivity contribution in [1.29, 1.82) is 0 Å². The number of hydrogen-bond acceptors (Lipinski definition) is 3. The lowest BCUT2D eigenvalue weighted by Crippen LogP contribution is -2.38. The van der Waals surface area contributed by atoms with Crippen LogP contribution in [0.4, 0.5) is 0 Å². The Labute approximate surface area is 159 Å². The lowest BCUT2D eigenvalue weighted by Gasteiger charge is -2.17. The molecule has 0 bridgehead atoms. The highest BCUT2D eigenvalue weighted by Crippen LogP contribution is 2.24. The van der Waals surface area contributed by atoms with E-state index in [2.05, 4.69) is 44.6 Å². The van der Waals surface area contributed by atoms with Crippen molar-refractivity contribution in [3.8, 4) is 5.75 Å². The third-order valence-corrected chi connectivity index (χ3v) is 4.47. The Morgan fingerprint density at radius 1 is 1.36 bits per heavy atom. The van der Waals surface area contributed by atoms with Gasteiger partial charge in [-0.3, -0.25) is 0 Å². The Bertz CT molecular complexity index is 590. The third-order valence-electron chi connectivity index (χ3n) is 3.81. The van der Waals surface area contributed by atoms with Gasteiger partial charge in [0.15, 0.2) is 5.96 Å². The second kappa shape index (κ2) is 11.2. The standard InChI is InChI=1S/C19H28BrN3O2/c1-3-21-19(22-11-8-16-9-12-24-13-10-16)23-14-15(2)25-18-7-5-4-6-17(18)20/h4-7,9,15H,3,8,10-14H2,1-2H3,(H2,21,22,23). The second-order valence-electron chi connectivity index (χ2n) is 5.94. The second-order valence-corrected chi connectivity index (χ2v) is 6.80. The zero-order valence-electron chi connectivity index (χ0n) is 15.1. The van der Waals surface area contributed by atoms with Crippen LogP contribution < -0.4 is 15.4 Å². The Morgan fingerprint density at radius 3 is 2.92 bits per heavy atom. The van der Waals surface area contributed by atoms with E-state index in [9.17, 15) is 0 Å². The normalized spacial score (nSPS) is 16.1. The molecule has 0 aliphatic carbocycles. The fourth-order valence-corrected chi connectivity index (χ4v) is 2.87. The topological polar surface area (TPSA) is 54.9 Å². The fraction of sp³-hybridized carbons (Fsp3) is 0.526. The SMILES string of the molecule is CCNC(=NCC(C)Oc1ccccc1Br)NCCC1=CCOCC1. The van der Waals surface area contributed by atoms with Crippen LogP contribution in [0, 0.1) is 0 Å². The van der Waals surface area contributed by atoms with Gasteiger partial charge in [-0.2, -0.15) is 0 Å². The molecule has 1 aliphatic rings. The minimum Gasteiger partial charge on any atom is -0.488 e. The van der Waals surface area contributed by atoms with Gasteiger partial charge in [-0.25, -0.2) is 4.99 Å². The van der Waals surface area contributed by atoms with Crippen LogP contribution in [0.5, 0.6) is 5.75 Å². The highest BCUT2D eigenvalue weighted by molar-refractivity contribution is 9.10. The molecule has 2 rings (SSSR count). The van der Waals surface area contributed by atoms with Crippen molar-refractivity contribution in [1.82, 2.24) is 10.6 Å². The van der Waals surface area contributed by atoms with Crippen molar-refractivity contribution < 1.29 is 9.47 Å². The summed E-state index contributed by atoms with van der Waals surface area (Å²) in [6.07, 6.45) is 4.23. The number of nitrogens with zero attached hydrogens (tertiary/aromatic N) is 1. The lowest BCUT2D eigenvalue weighted by atomic mass is 10.1. The van der Waals surface area contributed by atoms with Crippen molar-refractivity contribution in [3.05, 3.63) is 40.4 Å². The van der Waals surface area contributed by atoms with Crippen LogP contribution in [0.1, 0.15) is 26.7 Å². The first-order valence-electron chi connectivity index (χ1n) is 8.88. The van der Waals surface area contributed by atoms with Gasteiger partial charge in [-0.1, -0.05) is 23.8 Å². The molecule has 1 heterocycles. The Kier molecular flexibility index (Phi) is 8.83. The van der Waals surface area contributed by atoms with E-state index in [1.165, 1.54) is 5.57 Å². The Hall–Kier alpha value is -1.53. The van der Waals surface area contributed by atoms with Gasteiger partial charge in [0.1, 0.15) is 11.9 Å². The highest BCUT2D eigenvalue weighted by Gasteiger charge is 2.08. The zero-order valence-corrected chi connectivity index (χ0v) is 16.6. The molecule has 0 amide bonds. The molecule has 1 aromatic carbocycles. The molecule has 2 N–H and O–H groups in total. The number of nitrogens with one attached hydrogen (secondary N) is 2. The summed E-state index contributed by atoms with van der Waals surface area (Å²) in [5.74, 6) is 1.67. The molecule has 6 heteroatoms. The Balaban J connectivity index is 1.79. The predicted octanol–water partition coefficient (Wildman–Crippen LogP) is 3.51. The number of ether oxygens (including phenoxy) is 2. The molecule has 0 radical (unpaired) electrons. The van der Waals surface area contributed by atoms with Crippen molar-refractivity contribution in [2.45, 2.75) is 32.8 Å². The molecule has 0 fully saturated rings. The van der Waals surface area contributed by atoms with Crippen LogP contribution in [-0.2, 0) is 4.74 Å². The van der Waals surface area contributed by atoms with Gasteiger partial charge in [-0.15, -0.1) is 0 Å². The van der Waals surface area contributed by atoms with Crippen molar-refractivity contribution in [2.75, 3.05) is 32.8 Å². The van der Waals surface area contributed by atoms with Crippen LogP contribution in [0.3, 0.4) is 0 Å². The van der Waals surface area contributed by atoms with Crippen LogP contribution in [0.15, 0.2) is 45.4 Å². The molecular weight excluding hydrogens is 382 g/mol. The number of guanidine groups is 1. The largest absolute Gasteiger partial charge is 0.488 e. The minimum atomic E-state index is -0.00708. The molecular formula is C19H28BrN3O2. The fourth-order valence-electron chi connectivity index (χ4n) is 2.49. The van der Waals surface area contributed by atoms with Gasteiger partial charge >= 0.3 is 0 Å². The van der Waals surface area contributed by atoms with Gasteiger partial charge in [0.05, 0.1) is 24.2 Å². The molecule has 5 nitrogen and oxygen atoms in total. The molecule has 25 heavy (non-hydrogen) atoms. The summed E-state index contributed by atoms with van der Waals surface area (Å²) in [4.78, 5) is 4.63. The monoisotopic (exact) mass is 409 g/mol. The van der Waals surface area contributed by atoms with Crippen LogP contribution >= 0.6 is 15.9 Å². The van der Waals surface area contributed by atoms with E-state index >= 15 is 0 Å². The molecule has 0 aromatic heterocycles. The maximum Gasteiger partial charge on any atom is 0.191 e. The predicted molar refractivity (Wildman–Crippen MR) is 106 cm³/mol. The maximum atomic E-state index is 5.94. The number of rotatable bonds is 8. The summed E-state index contributed by atoms with van der Waals surface area (Å²) in [6, 6.07) is 7.87. The number of aliphatic imine (C=N–C) groups is 1. The molecule has 1 unspecified atom stereocenters. The molecule has 138 valence electrons. The van der Waals surface area contributed by atoms with E-state index in [0.717, 1.165) is 55.3 Å². The summed E-state index contributed by atoms with van der Waals surface area (Å²) >= 11 is 3.50. The molecule has 0 saturated heterocycles. The van der Waals surface area contributed by atoms with Gasteiger partial charge in [0, 0.05) is 13.1 Å². The highest BCUT2D eigenvalue weighted by atomic mass is 79.9. The van der Waals surface area contributed by atoms with E-state index in [1.54, 1.807) is 0 Å². The first-order chi connectivity index (χ1) is 12.2. The molecule has 1 aliphatic heterocycles. The van der Waals surface area contributed by atoms with Crippen molar-refractivity contribution >= 4 is 21.9 Å². The average Bonchev–Trinajstić information content (AvgIpc) is 2.62. The smallest absolute Gasteiger partial charge is 0.191 e. The summed E-state index contributed by atoms with van der Waals surface area (Å²) in [5.41, 5.74) is 1.46. The maximum absolute atomic E-state index is 5.94. The number of benzene rings is 1. The summed E-state index contributed by atoms with van der Waals surface area (Å²) < 4.78 is 12.2. The van der Waals surface area contributed by atoms with Crippen LogP contribution in [-0.4, -0.2) is 44.9 Å². The number of para-hydroxylation sites is 1. The number of halogens is 1. The quantitative estimate of drug-likeness (QED) is 0.391. The van der Waals surface area contributed by atoms with Crippen LogP contribution in [0.2, 0.25) is 0 Å². The van der Waals surface area contributed by atoms with Crippen molar-refractivity contribution in [3.63, 3.8) is 0 Å². The van der Waals surface area contributed by atoms with E-state index < -0.39 is 0 Å². The molecule has 1 aromatic rings. The first-order valence-corrected chi connectivity index (χ1v) is 9.67. The van der Waals surface area contributed by atoms with Gasteiger partial charge in [-0.05, 0) is 54.8 Å². The van der Waals surface area contributed by atoms with E-state index in [4.69, 9.17) is 9.47 Å². The van der Waals surface area contributed by atoms with Crippen molar-refractivity contribution in [2.24, 2.45) is 4.99 Å². The minimum absolute atomic E-state index is 0.00708. The van der Waals surface area contributed by atoms with E-state index in [-0.39, 0.29) is 6.10 Å². The third kappa shape index (κ3) is 7.48. The van der Waals surface area contributed by atoms with E-state index in [0.29, 0.717) is 6.54 Å².